The Morgan fingerprint density at radius 2 is 1.82 bits per heavy atom. The lowest BCUT2D eigenvalue weighted by Gasteiger charge is -2.25. The molecule has 1 fully saturated rings. The molecular formula is C28H27N3O7. The molecule has 1 saturated heterocycles. The van der Waals surface area contributed by atoms with E-state index in [0.717, 1.165) is 0 Å². The van der Waals surface area contributed by atoms with E-state index in [0.29, 0.717) is 22.4 Å². The maximum absolute atomic E-state index is 13.4. The van der Waals surface area contributed by atoms with Crippen molar-refractivity contribution in [3.05, 3.63) is 93.6 Å². The van der Waals surface area contributed by atoms with Crippen molar-refractivity contribution >= 4 is 29.4 Å². The van der Waals surface area contributed by atoms with Crippen LogP contribution in [0.5, 0.6) is 0 Å². The minimum atomic E-state index is -0.971. The van der Waals surface area contributed by atoms with Crippen molar-refractivity contribution in [2.45, 2.75) is 33.4 Å². The number of nitrogens with one attached hydrogen (secondary N) is 1. The van der Waals surface area contributed by atoms with Crippen molar-refractivity contribution in [1.29, 1.82) is 0 Å². The maximum Gasteiger partial charge on any atom is 0.355 e. The van der Waals surface area contributed by atoms with Crippen LogP contribution in [-0.4, -0.2) is 57.3 Å². The van der Waals surface area contributed by atoms with Gasteiger partial charge in [-0.25, -0.2) is 9.59 Å². The van der Waals surface area contributed by atoms with Crippen LogP contribution < -0.4 is 0 Å². The molecule has 196 valence electrons. The van der Waals surface area contributed by atoms with E-state index in [2.05, 4.69) is 9.97 Å². The predicted molar refractivity (Wildman–Crippen MR) is 136 cm³/mol. The van der Waals surface area contributed by atoms with Gasteiger partial charge in [0.05, 0.1) is 30.9 Å². The zero-order valence-corrected chi connectivity index (χ0v) is 21.4. The molecule has 4 rings (SSSR count). The van der Waals surface area contributed by atoms with E-state index in [4.69, 9.17) is 9.47 Å². The Morgan fingerprint density at radius 1 is 1.11 bits per heavy atom. The molecule has 0 unspecified atom stereocenters. The highest BCUT2D eigenvalue weighted by atomic mass is 16.5. The van der Waals surface area contributed by atoms with E-state index in [1.807, 2.05) is 0 Å². The molecule has 0 bridgehead atoms. The van der Waals surface area contributed by atoms with E-state index in [1.165, 1.54) is 24.1 Å². The normalized spacial score (nSPS) is 16.5. The highest BCUT2D eigenvalue weighted by Gasteiger charge is 2.46. The first-order valence-corrected chi connectivity index (χ1v) is 11.9. The minimum absolute atomic E-state index is 0.0534. The number of aliphatic hydroxyl groups excluding tert-OH is 1. The summed E-state index contributed by atoms with van der Waals surface area (Å²) in [4.78, 5) is 59.4. The molecule has 10 heteroatoms. The molecule has 2 aromatic heterocycles. The van der Waals surface area contributed by atoms with Gasteiger partial charge < -0.3 is 24.5 Å². The van der Waals surface area contributed by atoms with Crippen LogP contribution in [0.15, 0.2) is 54.4 Å². The van der Waals surface area contributed by atoms with Crippen LogP contribution in [0.4, 0.5) is 0 Å². The molecule has 1 aliphatic heterocycles. The van der Waals surface area contributed by atoms with Crippen molar-refractivity contribution in [3.63, 3.8) is 0 Å². The first-order valence-electron chi connectivity index (χ1n) is 11.9. The molecule has 1 atom stereocenters. The molecule has 38 heavy (non-hydrogen) atoms. The first kappa shape index (κ1) is 26.3. The van der Waals surface area contributed by atoms with Crippen LogP contribution >= 0.6 is 0 Å². The molecular weight excluding hydrogens is 490 g/mol. The number of Topliss-reactive ketones (excluding diaryl/α,β-unsaturated/α-hetero) is 1. The monoisotopic (exact) mass is 517 g/mol. The van der Waals surface area contributed by atoms with E-state index in [9.17, 15) is 24.3 Å². The van der Waals surface area contributed by atoms with Gasteiger partial charge in [0, 0.05) is 30.2 Å². The summed E-state index contributed by atoms with van der Waals surface area (Å²) in [6.45, 7) is 5.17. The number of pyridine rings is 1. The summed E-state index contributed by atoms with van der Waals surface area (Å²) in [5.41, 5.74) is 2.54. The second-order valence-corrected chi connectivity index (χ2v) is 8.75. The third-order valence-electron chi connectivity index (χ3n) is 6.42. The van der Waals surface area contributed by atoms with Crippen LogP contribution in [-0.2, 0) is 25.6 Å². The molecule has 2 N–H and O–H groups in total. The van der Waals surface area contributed by atoms with Crippen LogP contribution in [0, 0.1) is 13.8 Å². The molecule has 10 nitrogen and oxygen atoms in total. The third-order valence-corrected chi connectivity index (χ3v) is 6.42. The van der Waals surface area contributed by atoms with Crippen molar-refractivity contribution in [2.75, 3.05) is 13.7 Å². The topological polar surface area (TPSA) is 139 Å². The summed E-state index contributed by atoms with van der Waals surface area (Å²) >= 11 is 0. The molecule has 0 spiro atoms. The Balaban J connectivity index is 1.89. The zero-order valence-electron chi connectivity index (χ0n) is 21.4. The summed E-state index contributed by atoms with van der Waals surface area (Å²) in [5, 5.41) is 11.5. The Labute approximate surface area is 218 Å². The van der Waals surface area contributed by atoms with Gasteiger partial charge in [0.25, 0.3) is 11.7 Å². The number of aromatic nitrogens is 2. The Kier molecular flexibility index (Phi) is 7.43. The Hall–Kier alpha value is -4.73. The molecule has 0 saturated carbocycles. The fourth-order valence-electron chi connectivity index (χ4n) is 4.64. The zero-order chi connectivity index (χ0) is 27.6. The van der Waals surface area contributed by atoms with Crippen molar-refractivity contribution < 1.29 is 33.8 Å². The summed E-state index contributed by atoms with van der Waals surface area (Å²) in [6, 6.07) is 8.78. The summed E-state index contributed by atoms with van der Waals surface area (Å²) in [7, 11) is 1.27. The number of hydrogen-bond acceptors (Lipinski definition) is 8. The fraction of sp³-hybridized carbons (Fsp3) is 0.250. The smallest absolute Gasteiger partial charge is 0.355 e. The van der Waals surface area contributed by atoms with Crippen LogP contribution in [0.3, 0.4) is 0 Å². The van der Waals surface area contributed by atoms with E-state index in [1.54, 1.807) is 57.4 Å². The lowest BCUT2D eigenvalue weighted by Crippen LogP contribution is -2.29. The lowest BCUT2D eigenvalue weighted by atomic mass is 9.93. The minimum Gasteiger partial charge on any atom is -0.507 e. The molecule has 0 radical (unpaired) electrons. The van der Waals surface area contributed by atoms with Gasteiger partial charge in [0.15, 0.2) is 0 Å². The van der Waals surface area contributed by atoms with Crippen molar-refractivity contribution in [2.24, 2.45) is 0 Å². The lowest BCUT2D eigenvalue weighted by molar-refractivity contribution is -0.140. The van der Waals surface area contributed by atoms with Gasteiger partial charge in [0.2, 0.25) is 0 Å². The van der Waals surface area contributed by atoms with Gasteiger partial charge >= 0.3 is 11.9 Å². The second-order valence-electron chi connectivity index (χ2n) is 8.75. The number of aryl methyl sites for hydroxylation is 1. The van der Waals surface area contributed by atoms with Gasteiger partial charge in [0.1, 0.15) is 11.5 Å². The van der Waals surface area contributed by atoms with Gasteiger partial charge in [-0.3, -0.25) is 14.6 Å². The van der Waals surface area contributed by atoms with E-state index < -0.39 is 35.4 Å². The number of hydrogen-bond donors (Lipinski definition) is 2. The summed E-state index contributed by atoms with van der Waals surface area (Å²) in [6.07, 6.45) is 3.18. The number of benzene rings is 1. The number of rotatable bonds is 7. The second kappa shape index (κ2) is 10.7. The van der Waals surface area contributed by atoms with Gasteiger partial charge in [-0.05, 0) is 55.7 Å². The third kappa shape index (κ3) is 4.68. The number of likely N-dealkylation sites (tertiary alicyclic amines) is 1. The average Bonchev–Trinajstić information content (AvgIpc) is 3.36. The predicted octanol–water partition coefficient (Wildman–Crippen LogP) is 3.61. The SMILES string of the molecule is CCOC(=O)c1[nH]c(C)c(/C(O)=C2\C(=O)C(=O)N(Cc3cccnc3)[C@@H]2c2ccc(C(=O)OC)cc2)c1C. The molecule has 3 aromatic rings. The number of H-pyrrole nitrogens is 1. The van der Waals surface area contributed by atoms with Crippen molar-refractivity contribution in [1.82, 2.24) is 14.9 Å². The highest BCUT2D eigenvalue weighted by Crippen LogP contribution is 2.41. The number of esters is 2. The fourth-order valence-corrected chi connectivity index (χ4v) is 4.64. The van der Waals surface area contributed by atoms with Gasteiger partial charge in [-0.15, -0.1) is 0 Å². The number of nitrogens with zero attached hydrogens (tertiary/aromatic N) is 2. The van der Waals surface area contributed by atoms with Crippen molar-refractivity contribution in [3.8, 4) is 0 Å². The number of aliphatic hydroxyl groups is 1. The standard InChI is InChI=1S/C28H27N3O7/c1-5-38-28(36)22-15(2)20(16(3)30-22)24(32)21-23(18-8-10-19(11-9-18)27(35)37-4)31(26(34)25(21)33)14-17-7-6-12-29-13-17/h6-13,23,30,32H,5,14H2,1-4H3/b24-21+/t23-/m1/s1. The number of aromatic amines is 1. The molecule has 3 heterocycles. The molecule has 1 aliphatic rings. The van der Waals surface area contributed by atoms with E-state index in [-0.39, 0.29) is 35.5 Å². The van der Waals surface area contributed by atoms with Crippen LogP contribution in [0.25, 0.3) is 5.76 Å². The number of ether oxygens (including phenoxy) is 2. The molecule has 0 aliphatic carbocycles. The number of methoxy groups -OCH3 is 1. The number of carbonyl (C=O) groups excluding carboxylic acids is 4. The number of carbonyl (C=O) groups is 4. The maximum atomic E-state index is 13.4. The van der Waals surface area contributed by atoms with Crippen LogP contribution in [0.2, 0.25) is 0 Å². The number of ketones is 1. The van der Waals surface area contributed by atoms with Gasteiger partial charge in [-0.2, -0.15) is 0 Å². The molecule has 1 aromatic carbocycles. The van der Waals surface area contributed by atoms with Gasteiger partial charge in [-0.1, -0.05) is 18.2 Å². The molecule has 1 amide bonds. The highest BCUT2D eigenvalue weighted by molar-refractivity contribution is 6.46. The number of amides is 1. The quantitative estimate of drug-likeness (QED) is 0.210. The summed E-state index contributed by atoms with van der Waals surface area (Å²) < 4.78 is 9.86. The average molecular weight is 518 g/mol. The Morgan fingerprint density at radius 3 is 2.42 bits per heavy atom. The first-order chi connectivity index (χ1) is 18.2. The Bertz CT molecular complexity index is 1440. The van der Waals surface area contributed by atoms with E-state index >= 15 is 0 Å². The van der Waals surface area contributed by atoms with Crippen LogP contribution in [0.1, 0.15) is 61.8 Å². The summed E-state index contributed by atoms with van der Waals surface area (Å²) in [5.74, 6) is -3.22. The largest absolute Gasteiger partial charge is 0.507 e.